The van der Waals surface area contributed by atoms with Gasteiger partial charge >= 0.3 is 5.97 Å². The molecular formula is C36H38N2O4. The summed E-state index contributed by atoms with van der Waals surface area (Å²) in [5, 5.41) is 0. The summed E-state index contributed by atoms with van der Waals surface area (Å²) >= 11 is 0. The zero-order valence-electron chi connectivity index (χ0n) is 24.4. The van der Waals surface area contributed by atoms with Gasteiger partial charge in [-0.25, -0.2) is 0 Å². The molecule has 3 aromatic carbocycles. The van der Waals surface area contributed by atoms with Crippen LogP contribution in [0.5, 0.6) is 11.5 Å². The molecule has 7 rings (SSSR count). The normalized spacial score (nSPS) is 27.3. The molecule has 42 heavy (non-hydrogen) atoms. The van der Waals surface area contributed by atoms with Crippen molar-refractivity contribution in [1.82, 2.24) is 9.80 Å². The number of esters is 1. The predicted octanol–water partition coefficient (Wildman–Crippen LogP) is 5.43. The van der Waals surface area contributed by atoms with Crippen molar-refractivity contribution in [2.45, 2.75) is 62.6 Å². The van der Waals surface area contributed by atoms with E-state index in [-0.39, 0.29) is 29.4 Å². The van der Waals surface area contributed by atoms with Gasteiger partial charge < -0.3 is 14.4 Å². The van der Waals surface area contributed by atoms with Crippen LogP contribution in [0.25, 0.3) is 6.08 Å². The minimum absolute atomic E-state index is 0.00765. The number of nitrogens with zero attached hydrogens (tertiary/aromatic N) is 2. The molecule has 216 valence electrons. The largest absolute Gasteiger partial charge is 0.487 e. The van der Waals surface area contributed by atoms with Gasteiger partial charge in [0.15, 0.2) is 0 Å². The molecule has 4 aliphatic rings. The number of likely N-dealkylation sites (tertiary alicyclic amines) is 1. The van der Waals surface area contributed by atoms with Gasteiger partial charge in [-0.1, -0.05) is 60.7 Å². The molecule has 6 nitrogen and oxygen atoms in total. The lowest BCUT2D eigenvalue weighted by Crippen LogP contribution is -2.69. The Hall–Kier alpha value is -3.90. The molecule has 1 amide bonds. The van der Waals surface area contributed by atoms with Crippen LogP contribution in [0.4, 0.5) is 0 Å². The zero-order valence-corrected chi connectivity index (χ0v) is 24.4. The lowest BCUT2D eigenvalue weighted by Gasteiger charge is -2.60. The lowest BCUT2D eigenvalue weighted by molar-refractivity contribution is -0.135. The van der Waals surface area contributed by atoms with Crippen LogP contribution in [0.15, 0.2) is 78.9 Å². The molecule has 0 radical (unpaired) electrons. The topological polar surface area (TPSA) is 59.1 Å². The number of ether oxygens (including phenoxy) is 2. The number of carbonyl (C=O) groups excluding carboxylic acids is 2. The fourth-order valence-electron chi connectivity index (χ4n) is 8.45. The third kappa shape index (κ3) is 4.44. The van der Waals surface area contributed by atoms with E-state index >= 15 is 0 Å². The molecular weight excluding hydrogens is 524 g/mol. The van der Waals surface area contributed by atoms with E-state index < -0.39 is 0 Å². The summed E-state index contributed by atoms with van der Waals surface area (Å²) in [6.07, 6.45) is 8.21. The highest BCUT2D eigenvalue weighted by atomic mass is 16.5. The Kier molecular flexibility index (Phi) is 6.89. The Bertz CT molecular complexity index is 1520. The van der Waals surface area contributed by atoms with E-state index in [2.05, 4.69) is 35.2 Å². The van der Waals surface area contributed by atoms with E-state index in [1.54, 1.807) is 6.08 Å². The maximum Gasteiger partial charge on any atom is 0.308 e. The smallest absolute Gasteiger partial charge is 0.308 e. The molecule has 0 N–H and O–H groups in total. The van der Waals surface area contributed by atoms with E-state index in [9.17, 15) is 9.59 Å². The Morgan fingerprint density at radius 3 is 2.57 bits per heavy atom. The van der Waals surface area contributed by atoms with Crippen LogP contribution < -0.4 is 9.47 Å². The molecule has 1 saturated heterocycles. The summed E-state index contributed by atoms with van der Waals surface area (Å²) in [7, 11) is 1.92. The lowest BCUT2D eigenvalue weighted by atomic mass is 9.51. The Labute approximate surface area is 247 Å². The van der Waals surface area contributed by atoms with E-state index in [0.717, 1.165) is 62.1 Å². The highest BCUT2D eigenvalue weighted by Gasteiger charge is 2.66. The number of hydrogen-bond donors (Lipinski definition) is 0. The number of piperidine rings is 1. The van der Waals surface area contributed by atoms with Crippen LogP contribution in [-0.4, -0.2) is 60.0 Å². The molecule has 0 aromatic heterocycles. The second-order valence-electron chi connectivity index (χ2n) is 12.3. The molecule has 6 heteroatoms. The van der Waals surface area contributed by atoms with Gasteiger partial charge in [0, 0.05) is 49.2 Å². The van der Waals surface area contributed by atoms with Gasteiger partial charge in [0.1, 0.15) is 17.6 Å². The van der Waals surface area contributed by atoms with Crippen molar-refractivity contribution in [2.24, 2.45) is 5.92 Å². The molecule has 5 atom stereocenters. The number of hydrogen-bond acceptors (Lipinski definition) is 5. The summed E-state index contributed by atoms with van der Waals surface area (Å²) < 4.78 is 12.7. The summed E-state index contributed by atoms with van der Waals surface area (Å²) in [5.74, 6) is 1.68. The maximum absolute atomic E-state index is 13.5. The first-order chi connectivity index (χ1) is 20.5. The van der Waals surface area contributed by atoms with Crippen molar-refractivity contribution >= 4 is 18.0 Å². The second-order valence-corrected chi connectivity index (χ2v) is 12.3. The standard InChI is InChI=1S/C36H38N2O4/c1-24(39)41-31-16-17-32-34-27(31)23-30-28-14-15-29(37(2)33(40)18-13-25-9-5-3-6-10-25)35(42-32)36(28,34)20-22-38(30)21-19-26-11-7-4-8-12-26/h3-13,16-18,28-30,35H,14-15,19-23H2,1-2H3/t28-,29-,30+,35-,36-/m0/s1. The highest BCUT2D eigenvalue weighted by molar-refractivity contribution is 5.92. The van der Waals surface area contributed by atoms with Crippen molar-refractivity contribution in [3.05, 3.63) is 101 Å². The Morgan fingerprint density at radius 1 is 1.05 bits per heavy atom. The number of likely N-dealkylation sites (N-methyl/N-ethyl adjacent to an activating group) is 1. The maximum atomic E-state index is 13.5. The second kappa shape index (κ2) is 10.7. The van der Waals surface area contributed by atoms with Crippen LogP contribution in [0.3, 0.4) is 0 Å². The van der Waals surface area contributed by atoms with Gasteiger partial charge in [-0.3, -0.25) is 14.5 Å². The van der Waals surface area contributed by atoms with Crippen molar-refractivity contribution in [3.63, 3.8) is 0 Å². The monoisotopic (exact) mass is 562 g/mol. The SMILES string of the molecule is CC(=O)Oc1ccc2c3c1C[C@@H]1[C@@H]4CC[C@H](N(C)C(=O)C=Cc5ccccc5)[C@H](O2)[C@]34CCN1CCc1ccccc1. The molecule has 2 heterocycles. The van der Waals surface area contributed by atoms with Gasteiger partial charge in [-0.15, -0.1) is 0 Å². The molecule has 2 fully saturated rings. The minimum Gasteiger partial charge on any atom is -0.487 e. The fourth-order valence-corrected chi connectivity index (χ4v) is 8.45. The quantitative estimate of drug-likeness (QED) is 0.218. The zero-order chi connectivity index (χ0) is 28.8. The average molecular weight is 563 g/mol. The minimum atomic E-state index is -0.301. The van der Waals surface area contributed by atoms with Crippen LogP contribution in [0, 0.1) is 5.92 Å². The van der Waals surface area contributed by atoms with Crippen molar-refractivity contribution in [1.29, 1.82) is 0 Å². The summed E-state index contributed by atoms with van der Waals surface area (Å²) in [6.45, 7) is 3.45. The van der Waals surface area contributed by atoms with E-state index in [1.807, 2.05) is 60.5 Å². The first-order valence-electron chi connectivity index (χ1n) is 15.2. The van der Waals surface area contributed by atoms with Crippen molar-refractivity contribution in [3.8, 4) is 11.5 Å². The van der Waals surface area contributed by atoms with Gasteiger partial charge in [-0.2, -0.15) is 0 Å². The van der Waals surface area contributed by atoms with Crippen LogP contribution in [0.2, 0.25) is 0 Å². The van der Waals surface area contributed by atoms with Gasteiger partial charge in [-0.05, 0) is 73.9 Å². The summed E-state index contributed by atoms with van der Waals surface area (Å²) in [6, 6.07) is 24.8. The van der Waals surface area contributed by atoms with Crippen molar-refractivity contribution < 1.29 is 19.1 Å². The number of amides is 1. The molecule has 2 aliphatic heterocycles. The predicted molar refractivity (Wildman–Crippen MR) is 162 cm³/mol. The molecule has 2 bridgehead atoms. The summed E-state index contributed by atoms with van der Waals surface area (Å²) in [5.41, 5.74) is 4.52. The molecule has 2 aliphatic carbocycles. The third-order valence-corrected chi connectivity index (χ3v) is 10.3. The molecule has 1 saturated carbocycles. The fraction of sp³-hybridized carbons (Fsp3) is 0.389. The highest BCUT2D eigenvalue weighted by Crippen LogP contribution is 2.63. The Balaban J connectivity index is 1.22. The summed E-state index contributed by atoms with van der Waals surface area (Å²) in [4.78, 5) is 30.2. The first kappa shape index (κ1) is 27.0. The number of rotatable bonds is 7. The van der Waals surface area contributed by atoms with Crippen LogP contribution in [0.1, 0.15) is 48.4 Å². The van der Waals surface area contributed by atoms with E-state index in [1.165, 1.54) is 18.1 Å². The van der Waals surface area contributed by atoms with Gasteiger partial charge in [0.25, 0.3) is 0 Å². The van der Waals surface area contributed by atoms with Crippen LogP contribution >= 0.6 is 0 Å². The van der Waals surface area contributed by atoms with Gasteiger partial charge in [0.2, 0.25) is 5.91 Å². The van der Waals surface area contributed by atoms with Crippen molar-refractivity contribution in [2.75, 3.05) is 20.1 Å². The molecule has 0 unspecified atom stereocenters. The molecule has 3 aromatic rings. The third-order valence-electron chi connectivity index (χ3n) is 10.3. The first-order valence-corrected chi connectivity index (χ1v) is 15.2. The molecule has 1 spiro atoms. The number of benzene rings is 3. The van der Waals surface area contributed by atoms with Crippen LogP contribution in [-0.2, 0) is 27.8 Å². The van der Waals surface area contributed by atoms with E-state index in [4.69, 9.17) is 9.47 Å². The van der Waals surface area contributed by atoms with E-state index in [0.29, 0.717) is 17.7 Å². The average Bonchev–Trinajstić information content (AvgIpc) is 3.34. The number of carbonyl (C=O) groups is 2. The van der Waals surface area contributed by atoms with Gasteiger partial charge in [0.05, 0.1) is 6.04 Å². The Morgan fingerprint density at radius 2 is 1.81 bits per heavy atom.